The van der Waals surface area contributed by atoms with Crippen LogP contribution >= 0.6 is 0 Å². The Hall–Kier alpha value is -3.42. The molecule has 1 atom stereocenters. The van der Waals surface area contributed by atoms with Crippen LogP contribution in [0.5, 0.6) is 0 Å². The van der Waals surface area contributed by atoms with E-state index in [1.54, 1.807) is 17.0 Å². The van der Waals surface area contributed by atoms with Gasteiger partial charge in [0.25, 0.3) is 5.91 Å². The summed E-state index contributed by atoms with van der Waals surface area (Å²) in [6.07, 6.45) is 2.68. The van der Waals surface area contributed by atoms with Gasteiger partial charge in [-0.2, -0.15) is 0 Å². The van der Waals surface area contributed by atoms with E-state index in [1.165, 1.54) is 29.2 Å². The molecular weight excluding hydrogens is 423 g/mol. The lowest BCUT2D eigenvalue weighted by Gasteiger charge is -2.45. The molecule has 1 N–H and O–H groups in total. The van der Waals surface area contributed by atoms with Gasteiger partial charge >= 0.3 is 0 Å². The fourth-order valence-corrected chi connectivity index (χ4v) is 4.62. The van der Waals surface area contributed by atoms with Crippen molar-refractivity contribution in [1.29, 1.82) is 0 Å². The Kier molecular flexibility index (Phi) is 6.62. The highest BCUT2D eigenvalue weighted by Gasteiger charge is 2.40. The van der Waals surface area contributed by atoms with Gasteiger partial charge in [0.2, 0.25) is 11.8 Å². The molecule has 0 radical (unpaired) electrons. The summed E-state index contributed by atoms with van der Waals surface area (Å²) in [5, 5.41) is 2.73. The number of benzene rings is 2. The summed E-state index contributed by atoms with van der Waals surface area (Å²) >= 11 is 0. The number of nitrogens with zero attached hydrogens (tertiary/aromatic N) is 3. The number of halogens is 1. The highest BCUT2D eigenvalue weighted by molar-refractivity contribution is 6.11. The third kappa shape index (κ3) is 4.55. The summed E-state index contributed by atoms with van der Waals surface area (Å²) in [4.78, 5) is 44.5. The average Bonchev–Trinajstić information content (AvgIpc) is 2.83. The van der Waals surface area contributed by atoms with Crippen LogP contribution in [0.1, 0.15) is 43.5 Å². The van der Waals surface area contributed by atoms with E-state index in [2.05, 4.69) is 10.2 Å². The zero-order chi connectivity index (χ0) is 23.5. The second-order valence-corrected chi connectivity index (χ2v) is 8.37. The Morgan fingerprint density at radius 1 is 1.06 bits per heavy atom. The minimum Gasteiger partial charge on any atom is -0.358 e. The molecule has 2 aromatic carbocycles. The maximum atomic E-state index is 13.4. The number of carbonyl (C=O) groups is 3. The van der Waals surface area contributed by atoms with E-state index >= 15 is 0 Å². The van der Waals surface area contributed by atoms with Gasteiger partial charge in [-0.25, -0.2) is 4.39 Å². The van der Waals surface area contributed by atoms with Crippen LogP contribution in [0, 0.1) is 5.82 Å². The second kappa shape index (κ2) is 9.60. The molecule has 4 rings (SSSR count). The Bertz CT molecular complexity index is 1050. The van der Waals surface area contributed by atoms with Crippen molar-refractivity contribution in [3.63, 3.8) is 0 Å². The number of amides is 3. The first-order valence-corrected chi connectivity index (χ1v) is 11.5. The third-order valence-electron chi connectivity index (χ3n) is 6.36. The fourth-order valence-electron chi connectivity index (χ4n) is 4.62. The lowest BCUT2D eigenvalue weighted by Crippen LogP contribution is -2.56. The first kappa shape index (κ1) is 22.8. The van der Waals surface area contributed by atoms with Crippen molar-refractivity contribution >= 4 is 34.8 Å². The van der Waals surface area contributed by atoms with Crippen LogP contribution in [0.4, 0.5) is 21.5 Å². The van der Waals surface area contributed by atoms with Gasteiger partial charge in [0.05, 0.1) is 11.4 Å². The van der Waals surface area contributed by atoms with E-state index in [4.69, 9.17) is 0 Å². The number of hydrogen-bond acceptors (Lipinski definition) is 4. The standard InChI is InChI=1S/C25H29FN4O3/c1-3-28(4-2)24(32)17-8-13-20-22(15-17)30(25(33)21-7-5-6-14-29(20)21)16-23(31)27-19-11-9-18(26)10-12-19/h8-13,15,21H,3-7,14,16H2,1-2H3,(H,27,31). The van der Waals surface area contributed by atoms with Crippen molar-refractivity contribution in [2.24, 2.45) is 0 Å². The van der Waals surface area contributed by atoms with Crippen molar-refractivity contribution in [3.8, 4) is 0 Å². The molecule has 33 heavy (non-hydrogen) atoms. The quantitative estimate of drug-likeness (QED) is 0.726. The first-order valence-electron chi connectivity index (χ1n) is 11.5. The summed E-state index contributed by atoms with van der Waals surface area (Å²) in [5.41, 5.74) is 2.39. The summed E-state index contributed by atoms with van der Waals surface area (Å²) in [6, 6.07) is 10.6. The Morgan fingerprint density at radius 2 is 1.79 bits per heavy atom. The Morgan fingerprint density at radius 3 is 2.48 bits per heavy atom. The van der Waals surface area contributed by atoms with Gasteiger partial charge < -0.3 is 15.1 Å². The zero-order valence-corrected chi connectivity index (χ0v) is 19.0. The van der Waals surface area contributed by atoms with Crippen molar-refractivity contribution in [2.45, 2.75) is 39.2 Å². The van der Waals surface area contributed by atoms with E-state index in [-0.39, 0.29) is 30.3 Å². The lowest BCUT2D eigenvalue weighted by atomic mass is 9.95. The summed E-state index contributed by atoms with van der Waals surface area (Å²) in [5.74, 6) is -1.02. The molecule has 2 heterocycles. The van der Waals surface area contributed by atoms with Gasteiger partial charge in [0.1, 0.15) is 18.4 Å². The maximum absolute atomic E-state index is 13.4. The number of nitrogens with one attached hydrogen (secondary N) is 1. The molecule has 0 aromatic heterocycles. The highest BCUT2D eigenvalue weighted by Crippen LogP contribution is 2.40. The van der Waals surface area contributed by atoms with E-state index in [0.717, 1.165) is 31.5 Å². The van der Waals surface area contributed by atoms with Crippen LogP contribution in [0.3, 0.4) is 0 Å². The van der Waals surface area contributed by atoms with E-state index < -0.39 is 5.82 Å². The second-order valence-electron chi connectivity index (χ2n) is 8.37. The average molecular weight is 453 g/mol. The number of carbonyl (C=O) groups excluding carboxylic acids is 3. The molecule has 1 fully saturated rings. The van der Waals surface area contributed by atoms with Crippen LogP contribution in [0.25, 0.3) is 0 Å². The maximum Gasteiger partial charge on any atom is 0.253 e. The highest BCUT2D eigenvalue weighted by atomic mass is 19.1. The van der Waals surface area contributed by atoms with Gasteiger partial charge in [-0.3, -0.25) is 19.3 Å². The smallest absolute Gasteiger partial charge is 0.253 e. The molecule has 1 unspecified atom stereocenters. The minimum absolute atomic E-state index is 0.105. The Labute approximate surface area is 193 Å². The predicted octanol–water partition coefficient (Wildman–Crippen LogP) is 3.65. The summed E-state index contributed by atoms with van der Waals surface area (Å²) in [7, 11) is 0. The Balaban J connectivity index is 1.66. The largest absolute Gasteiger partial charge is 0.358 e. The fraction of sp³-hybridized carbons (Fsp3) is 0.400. The number of anilines is 3. The van der Waals surface area contributed by atoms with Crippen LogP contribution in [0.2, 0.25) is 0 Å². The number of rotatable bonds is 6. The van der Waals surface area contributed by atoms with Crippen LogP contribution in [0.15, 0.2) is 42.5 Å². The van der Waals surface area contributed by atoms with Crippen molar-refractivity contribution < 1.29 is 18.8 Å². The van der Waals surface area contributed by atoms with Gasteiger partial charge in [-0.15, -0.1) is 0 Å². The first-order chi connectivity index (χ1) is 15.9. The predicted molar refractivity (Wildman–Crippen MR) is 126 cm³/mol. The van der Waals surface area contributed by atoms with E-state index in [1.807, 2.05) is 19.9 Å². The topological polar surface area (TPSA) is 73.0 Å². The zero-order valence-electron chi connectivity index (χ0n) is 19.0. The monoisotopic (exact) mass is 452 g/mol. The third-order valence-corrected chi connectivity index (χ3v) is 6.36. The number of piperidine rings is 1. The van der Waals surface area contributed by atoms with Crippen molar-refractivity contribution in [1.82, 2.24) is 4.90 Å². The van der Waals surface area contributed by atoms with Crippen molar-refractivity contribution in [2.75, 3.05) is 41.3 Å². The van der Waals surface area contributed by atoms with Gasteiger partial charge in [-0.05, 0) is 75.6 Å². The molecule has 1 saturated heterocycles. The SMILES string of the molecule is CCN(CC)C(=O)c1ccc2c(c1)N(CC(=O)Nc1ccc(F)cc1)C(=O)C1CCCCN21. The number of fused-ring (bicyclic) bond motifs is 3. The molecule has 7 nitrogen and oxygen atoms in total. The molecule has 0 aliphatic carbocycles. The molecule has 8 heteroatoms. The molecule has 2 aliphatic heterocycles. The molecular formula is C25H29FN4O3. The van der Waals surface area contributed by atoms with E-state index in [9.17, 15) is 18.8 Å². The lowest BCUT2D eigenvalue weighted by molar-refractivity contribution is -0.123. The molecule has 0 spiro atoms. The van der Waals surface area contributed by atoms with Crippen LogP contribution < -0.4 is 15.1 Å². The summed E-state index contributed by atoms with van der Waals surface area (Å²) < 4.78 is 13.2. The number of hydrogen-bond donors (Lipinski definition) is 1. The van der Waals surface area contributed by atoms with Gasteiger partial charge in [0.15, 0.2) is 0 Å². The van der Waals surface area contributed by atoms with Crippen molar-refractivity contribution in [3.05, 3.63) is 53.8 Å². The summed E-state index contributed by atoms with van der Waals surface area (Å²) in [6.45, 7) is 5.60. The van der Waals surface area contributed by atoms with Gasteiger partial charge in [0, 0.05) is 30.9 Å². The van der Waals surface area contributed by atoms with Crippen LogP contribution in [-0.2, 0) is 9.59 Å². The molecule has 3 amide bonds. The minimum atomic E-state index is -0.393. The molecule has 2 aromatic rings. The van der Waals surface area contributed by atoms with Crippen LogP contribution in [-0.4, -0.2) is 54.8 Å². The molecule has 0 saturated carbocycles. The van der Waals surface area contributed by atoms with E-state index in [0.29, 0.717) is 30.0 Å². The van der Waals surface area contributed by atoms with Gasteiger partial charge in [-0.1, -0.05) is 0 Å². The molecule has 174 valence electrons. The molecule has 0 bridgehead atoms. The molecule has 2 aliphatic rings. The normalized spacial score (nSPS) is 17.3.